The first-order valence-corrected chi connectivity index (χ1v) is 7.23. The highest BCUT2D eigenvalue weighted by atomic mass is 16.6. The van der Waals surface area contributed by atoms with Gasteiger partial charge in [0.1, 0.15) is 11.1 Å². The van der Waals surface area contributed by atoms with Crippen molar-refractivity contribution in [1.82, 2.24) is 0 Å². The molecule has 0 aliphatic heterocycles. The summed E-state index contributed by atoms with van der Waals surface area (Å²) in [5, 5.41) is 22.5. The maximum absolute atomic E-state index is 12.4. The number of nitro benzene ring substituents is 1. The Hall–Kier alpha value is -4.01. The summed E-state index contributed by atoms with van der Waals surface area (Å²) < 4.78 is 5.01. The van der Waals surface area contributed by atoms with Crippen LogP contribution in [0, 0.1) is 10.1 Å². The molecule has 2 aromatic carbocycles. The van der Waals surface area contributed by atoms with E-state index in [1.165, 1.54) is 42.5 Å². The van der Waals surface area contributed by atoms with E-state index in [4.69, 9.17) is 9.52 Å². The van der Waals surface area contributed by atoms with Crippen molar-refractivity contribution < 1.29 is 24.0 Å². The first-order valence-electron chi connectivity index (χ1n) is 7.23. The molecule has 0 saturated heterocycles. The van der Waals surface area contributed by atoms with Gasteiger partial charge in [-0.1, -0.05) is 12.1 Å². The van der Waals surface area contributed by atoms with Crippen LogP contribution in [-0.4, -0.2) is 21.9 Å². The number of hydrogen-bond donors (Lipinski definition) is 2. The number of anilines is 1. The number of aromatic carboxylic acids is 1. The maximum atomic E-state index is 12.4. The molecule has 1 amide bonds. The highest BCUT2D eigenvalue weighted by Gasteiger charge is 2.18. The summed E-state index contributed by atoms with van der Waals surface area (Å²) in [7, 11) is 0. The molecular weight excluding hydrogens is 344 g/mol. The Balaban J connectivity index is 2.03. The van der Waals surface area contributed by atoms with Crippen LogP contribution in [0.5, 0.6) is 0 Å². The normalized spacial score (nSPS) is 10.5. The van der Waals surface area contributed by atoms with Crippen LogP contribution in [0.3, 0.4) is 0 Å². The summed E-state index contributed by atoms with van der Waals surface area (Å²) in [5.74, 6) is -2.14. The quantitative estimate of drug-likeness (QED) is 0.417. The number of carbonyl (C=O) groups is 2. The van der Waals surface area contributed by atoms with Crippen LogP contribution in [0.25, 0.3) is 11.0 Å². The van der Waals surface area contributed by atoms with Crippen LogP contribution in [-0.2, 0) is 0 Å². The predicted molar refractivity (Wildman–Crippen MR) is 90.5 cm³/mol. The number of nitrogens with zero attached hydrogens (tertiary/aromatic N) is 1. The number of hydrogen-bond acceptors (Lipinski definition) is 6. The number of rotatable bonds is 4. The Kier molecular flexibility index (Phi) is 4.19. The van der Waals surface area contributed by atoms with Crippen molar-refractivity contribution in [3.8, 4) is 0 Å². The summed E-state index contributed by atoms with van der Waals surface area (Å²) >= 11 is 0. The van der Waals surface area contributed by atoms with E-state index in [0.717, 1.165) is 6.07 Å². The Bertz CT molecular complexity index is 1120. The minimum absolute atomic E-state index is 0.00328. The summed E-state index contributed by atoms with van der Waals surface area (Å²) in [6.07, 6.45) is 0. The molecule has 9 nitrogen and oxygen atoms in total. The molecule has 9 heteroatoms. The molecule has 0 aliphatic rings. The first kappa shape index (κ1) is 16.8. The van der Waals surface area contributed by atoms with Gasteiger partial charge in [-0.3, -0.25) is 14.9 Å². The number of nitrogens with one attached hydrogen (secondary N) is 1. The maximum Gasteiger partial charge on any atom is 0.349 e. The third kappa shape index (κ3) is 3.13. The van der Waals surface area contributed by atoms with Crippen molar-refractivity contribution in [2.45, 2.75) is 0 Å². The smallest absolute Gasteiger partial charge is 0.349 e. The molecule has 0 radical (unpaired) electrons. The fourth-order valence-electron chi connectivity index (χ4n) is 2.35. The van der Waals surface area contributed by atoms with Crippen molar-refractivity contribution in [3.05, 3.63) is 80.2 Å². The summed E-state index contributed by atoms with van der Waals surface area (Å²) in [6.45, 7) is 0. The van der Waals surface area contributed by atoms with Crippen molar-refractivity contribution in [2.75, 3.05) is 5.32 Å². The lowest BCUT2D eigenvalue weighted by atomic mass is 10.1. The summed E-state index contributed by atoms with van der Waals surface area (Å²) in [5.41, 5.74) is -1.64. The Morgan fingerprint density at radius 1 is 1.08 bits per heavy atom. The molecule has 0 fully saturated rings. The Morgan fingerprint density at radius 2 is 1.81 bits per heavy atom. The van der Waals surface area contributed by atoms with Crippen molar-refractivity contribution in [3.63, 3.8) is 0 Å². The first-order chi connectivity index (χ1) is 12.4. The van der Waals surface area contributed by atoms with Gasteiger partial charge in [0.25, 0.3) is 11.6 Å². The zero-order chi connectivity index (χ0) is 18.8. The van der Waals surface area contributed by atoms with Gasteiger partial charge < -0.3 is 14.8 Å². The number of para-hydroxylation sites is 1. The van der Waals surface area contributed by atoms with Crippen molar-refractivity contribution >= 4 is 34.2 Å². The van der Waals surface area contributed by atoms with E-state index >= 15 is 0 Å². The van der Waals surface area contributed by atoms with Gasteiger partial charge in [0.2, 0.25) is 0 Å². The van der Waals surface area contributed by atoms with Crippen LogP contribution < -0.4 is 10.9 Å². The minimum atomic E-state index is -1.25. The van der Waals surface area contributed by atoms with E-state index in [1.54, 1.807) is 0 Å². The molecule has 1 heterocycles. The highest BCUT2D eigenvalue weighted by molar-refractivity contribution is 6.08. The van der Waals surface area contributed by atoms with E-state index < -0.39 is 28.0 Å². The number of amides is 1. The molecule has 2 N–H and O–H groups in total. The third-order valence-corrected chi connectivity index (χ3v) is 3.58. The van der Waals surface area contributed by atoms with E-state index in [-0.39, 0.29) is 27.9 Å². The van der Waals surface area contributed by atoms with Crippen LogP contribution >= 0.6 is 0 Å². The number of fused-ring (bicyclic) bond motifs is 1. The number of nitro groups is 1. The number of carbonyl (C=O) groups excluding carboxylic acids is 1. The van der Waals surface area contributed by atoms with Gasteiger partial charge in [-0.05, 0) is 24.3 Å². The Morgan fingerprint density at radius 3 is 2.50 bits per heavy atom. The van der Waals surface area contributed by atoms with Crippen molar-refractivity contribution in [1.29, 1.82) is 0 Å². The average Bonchev–Trinajstić information content (AvgIpc) is 2.60. The monoisotopic (exact) mass is 354 g/mol. The van der Waals surface area contributed by atoms with Gasteiger partial charge in [-0.25, -0.2) is 9.59 Å². The number of non-ortho nitro benzene ring substituents is 1. The van der Waals surface area contributed by atoms with E-state index in [9.17, 15) is 24.5 Å². The average molecular weight is 354 g/mol. The fraction of sp³-hybridized carbons (Fsp3) is 0. The second-order valence-corrected chi connectivity index (χ2v) is 5.23. The molecule has 0 aliphatic carbocycles. The van der Waals surface area contributed by atoms with Gasteiger partial charge in [0, 0.05) is 17.5 Å². The molecule has 3 aromatic rings. The lowest BCUT2D eigenvalue weighted by Gasteiger charge is -2.08. The standard InChI is InChI=1S/C17H10N2O7/c20-15(18-13-4-2-1-3-11(13)16(21)22)12-8-9-7-10(19(24)25)5-6-14(9)26-17(12)23/h1-8H,(H,18,20)(H,21,22). The molecule has 0 atom stereocenters. The largest absolute Gasteiger partial charge is 0.478 e. The van der Waals surface area contributed by atoms with Gasteiger partial charge in [0.15, 0.2) is 0 Å². The van der Waals surface area contributed by atoms with Gasteiger partial charge >= 0.3 is 11.6 Å². The molecule has 0 spiro atoms. The van der Waals surface area contributed by atoms with Crippen LogP contribution in [0.1, 0.15) is 20.7 Å². The molecule has 0 bridgehead atoms. The molecule has 26 heavy (non-hydrogen) atoms. The minimum Gasteiger partial charge on any atom is -0.478 e. The molecule has 3 rings (SSSR count). The predicted octanol–water partition coefficient (Wildman–Crippen LogP) is 2.65. The lowest BCUT2D eigenvalue weighted by molar-refractivity contribution is -0.384. The summed E-state index contributed by atoms with van der Waals surface area (Å²) in [4.78, 5) is 45.8. The SMILES string of the molecule is O=C(O)c1ccccc1NC(=O)c1cc2cc([N+](=O)[O-])ccc2oc1=O. The number of benzene rings is 2. The molecule has 1 aromatic heterocycles. The van der Waals surface area contributed by atoms with Crippen molar-refractivity contribution in [2.24, 2.45) is 0 Å². The van der Waals surface area contributed by atoms with Gasteiger partial charge in [0.05, 0.1) is 16.2 Å². The van der Waals surface area contributed by atoms with E-state index in [2.05, 4.69) is 5.32 Å². The van der Waals surface area contributed by atoms with Crippen LogP contribution in [0.2, 0.25) is 0 Å². The zero-order valence-corrected chi connectivity index (χ0v) is 13.0. The van der Waals surface area contributed by atoms with Crippen LogP contribution in [0.15, 0.2) is 57.7 Å². The highest BCUT2D eigenvalue weighted by Crippen LogP contribution is 2.21. The van der Waals surface area contributed by atoms with E-state index in [1.807, 2.05) is 0 Å². The third-order valence-electron chi connectivity index (χ3n) is 3.58. The second kappa shape index (κ2) is 6.48. The topological polar surface area (TPSA) is 140 Å². The lowest BCUT2D eigenvalue weighted by Crippen LogP contribution is -2.21. The Labute approximate surface area is 144 Å². The van der Waals surface area contributed by atoms with Crippen LogP contribution in [0.4, 0.5) is 11.4 Å². The van der Waals surface area contributed by atoms with Gasteiger partial charge in [-0.15, -0.1) is 0 Å². The molecular formula is C17H10N2O7. The summed E-state index contributed by atoms with van der Waals surface area (Å²) in [6, 6.07) is 10.4. The zero-order valence-electron chi connectivity index (χ0n) is 13.0. The molecule has 0 saturated carbocycles. The molecule has 130 valence electrons. The number of carboxylic acids is 1. The van der Waals surface area contributed by atoms with Gasteiger partial charge in [-0.2, -0.15) is 0 Å². The number of carboxylic acid groups (broad SMARTS) is 1. The fourth-order valence-corrected chi connectivity index (χ4v) is 2.35. The molecule has 0 unspecified atom stereocenters. The van der Waals surface area contributed by atoms with E-state index in [0.29, 0.717) is 0 Å². The second-order valence-electron chi connectivity index (χ2n) is 5.23.